The first-order valence-electron chi connectivity index (χ1n) is 10.4. The van der Waals surface area contributed by atoms with Crippen LogP contribution in [0.2, 0.25) is 5.02 Å². The number of nitrogens with zero attached hydrogens (tertiary/aromatic N) is 4. The first-order valence-corrected chi connectivity index (χ1v) is 12.2. The van der Waals surface area contributed by atoms with Gasteiger partial charge in [0.15, 0.2) is 0 Å². The number of sulfonamides is 1. The molecule has 4 rings (SSSR count). The van der Waals surface area contributed by atoms with E-state index in [1.165, 1.54) is 10.4 Å². The van der Waals surface area contributed by atoms with Crippen molar-refractivity contribution in [2.45, 2.75) is 4.90 Å². The summed E-state index contributed by atoms with van der Waals surface area (Å²) in [7, 11) is -1.62. The second kappa shape index (κ2) is 9.16. The van der Waals surface area contributed by atoms with Crippen LogP contribution >= 0.6 is 11.6 Å². The second-order valence-electron chi connectivity index (χ2n) is 7.99. The van der Waals surface area contributed by atoms with Crippen molar-refractivity contribution in [2.75, 3.05) is 64.3 Å². The number of hydrogen-bond donors (Lipinski definition) is 0. The van der Waals surface area contributed by atoms with E-state index in [1.54, 1.807) is 23.1 Å². The van der Waals surface area contributed by atoms with E-state index in [0.717, 1.165) is 5.69 Å². The van der Waals surface area contributed by atoms with Gasteiger partial charge in [0.25, 0.3) is 5.91 Å². The summed E-state index contributed by atoms with van der Waals surface area (Å²) in [5.74, 6) is -0.133. The standard InChI is InChI=1S/C22H27ClN4O3S/c1-24-9-15-27(16-10-24)31(29,30)21-4-2-3-18(17-21)22(28)26-13-11-25(12-14-26)20-7-5-19(23)6-8-20/h2-8,17H,9-16H2,1H3. The second-order valence-corrected chi connectivity index (χ2v) is 10.4. The first kappa shape index (κ1) is 22.1. The van der Waals surface area contributed by atoms with Gasteiger partial charge in [-0.2, -0.15) is 4.31 Å². The molecule has 0 aliphatic carbocycles. The summed E-state index contributed by atoms with van der Waals surface area (Å²) in [5, 5.41) is 0.698. The third-order valence-corrected chi connectivity index (χ3v) is 8.09. The molecule has 0 unspecified atom stereocenters. The molecule has 9 heteroatoms. The van der Waals surface area contributed by atoms with Crippen molar-refractivity contribution in [2.24, 2.45) is 0 Å². The Labute approximate surface area is 188 Å². The Hall–Kier alpha value is -2.13. The van der Waals surface area contributed by atoms with E-state index in [1.807, 2.05) is 31.3 Å². The molecular formula is C22H27ClN4O3S. The maximum Gasteiger partial charge on any atom is 0.254 e. The van der Waals surface area contributed by atoms with Gasteiger partial charge in [-0.05, 0) is 49.5 Å². The molecular weight excluding hydrogens is 436 g/mol. The zero-order valence-electron chi connectivity index (χ0n) is 17.6. The SMILES string of the molecule is CN1CCN(S(=O)(=O)c2cccc(C(=O)N3CCN(c4ccc(Cl)cc4)CC3)c2)CC1. The molecule has 2 aromatic carbocycles. The van der Waals surface area contributed by atoms with Crippen molar-refractivity contribution < 1.29 is 13.2 Å². The highest BCUT2D eigenvalue weighted by Crippen LogP contribution is 2.22. The van der Waals surface area contributed by atoms with Crippen LogP contribution in [0.15, 0.2) is 53.4 Å². The van der Waals surface area contributed by atoms with Crippen LogP contribution in [0.1, 0.15) is 10.4 Å². The van der Waals surface area contributed by atoms with Gasteiger partial charge in [0, 0.05) is 68.6 Å². The predicted molar refractivity (Wildman–Crippen MR) is 122 cm³/mol. The number of halogens is 1. The van der Waals surface area contributed by atoms with E-state index in [4.69, 9.17) is 11.6 Å². The van der Waals surface area contributed by atoms with Gasteiger partial charge in [-0.3, -0.25) is 4.79 Å². The molecule has 0 atom stereocenters. The zero-order chi connectivity index (χ0) is 22.0. The van der Waals surface area contributed by atoms with Crippen molar-refractivity contribution in [3.05, 3.63) is 59.1 Å². The molecule has 2 aliphatic rings. The summed E-state index contributed by atoms with van der Waals surface area (Å²) in [4.78, 5) is 19.4. The number of likely N-dealkylation sites (N-methyl/N-ethyl adjacent to an activating group) is 1. The number of amides is 1. The third kappa shape index (κ3) is 4.87. The highest BCUT2D eigenvalue weighted by Gasteiger charge is 2.29. The van der Waals surface area contributed by atoms with E-state index in [0.29, 0.717) is 62.9 Å². The summed E-state index contributed by atoms with van der Waals surface area (Å²) >= 11 is 5.96. The van der Waals surface area contributed by atoms with E-state index in [2.05, 4.69) is 9.80 Å². The zero-order valence-corrected chi connectivity index (χ0v) is 19.1. The lowest BCUT2D eigenvalue weighted by Crippen LogP contribution is -2.49. The number of rotatable bonds is 4. The molecule has 166 valence electrons. The van der Waals surface area contributed by atoms with Gasteiger partial charge in [0.1, 0.15) is 0 Å². The topological polar surface area (TPSA) is 64.2 Å². The fourth-order valence-electron chi connectivity index (χ4n) is 3.97. The van der Waals surface area contributed by atoms with Crippen molar-refractivity contribution in [3.8, 4) is 0 Å². The Bertz CT molecular complexity index is 1030. The largest absolute Gasteiger partial charge is 0.368 e. The molecule has 0 aromatic heterocycles. The van der Waals surface area contributed by atoms with Gasteiger partial charge < -0.3 is 14.7 Å². The summed E-state index contributed by atoms with van der Waals surface area (Å²) in [6.07, 6.45) is 0. The quantitative estimate of drug-likeness (QED) is 0.697. The summed E-state index contributed by atoms with van der Waals surface area (Å²) in [6.45, 7) is 4.92. The van der Waals surface area contributed by atoms with Gasteiger partial charge in [0.2, 0.25) is 10.0 Å². The van der Waals surface area contributed by atoms with E-state index in [-0.39, 0.29) is 10.8 Å². The van der Waals surface area contributed by atoms with Gasteiger partial charge in [0.05, 0.1) is 4.90 Å². The average molecular weight is 463 g/mol. The minimum absolute atomic E-state index is 0.133. The molecule has 2 fully saturated rings. The van der Waals surface area contributed by atoms with Gasteiger partial charge >= 0.3 is 0 Å². The maximum absolute atomic E-state index is 13.1. The Balaban J connectivity index is 1.43. The number of piperazine rings is 2. The minimum Gasteiger partial charge on any atom is -0.368 e. The molecule has 2 heterocycles. The summed E-state index contributed by atoms with van der Waals surface area (Å²) in [5.41, 5.74) is 1.49. The van der Waals surface area contributed by atoms with Crippen molar-refractivity contribution in [1.82, 2.24) is 14.1 Å². The smallest absolute Gasteiger partial charge is 0.254 e. The Morgan fingerprint density at radius 1 is 0.871 bits per heavy atom. The lowest BCUT2D eigenvalue weighted by Gasteiger charge is -2.36. The lowest BCUT2D eigenvalue weighted by molar-refractivity contribution is 0.0746. The number of anilines is 1. The van der Waals surface area contributed by atoms with Crippen LogP contribution in [0.3, 0.4) is 0 Å². The first-order chi connectivity index (χ1) is 14.8. The van der Waals surface area contributed by atoms with E-state index in [9.17, 15) is 13.2 Å². The van der Waals surface area contributed by atoms with Gasteiger partial charge in [-0.1, -0.05) is 17.7 Å². The number of carbonyl (C=O) groups excluding carboxylic acids is 1. The van der Waals surface area contributed by atoms with Crippen LogP contribution in [-0.2, 0) is 10.0 Å². The molecule has 0 radical (unpaired) electrons. The molecule has 0 bridgehead atoms. The molecule has 2 aliphatic heterocycles. The molecule has 0 saturated carbocycles. The monoisotopic (exact) mass is 462 g/mol. The van der Waals surface area contributed by atoms with Crippen LogP contribution in [0.5, 0.6) is 0 Å². The van der Waals surface area contributed by atoms with Gasteiger partial charge in [-0.15, -0.1) is 0 Å². The normalized spacial score (nSPS) is 18.9. The molecule has 2 saturated heterocycles. The molecule has 7 nitrogen and oxygen atoms in total. The highest BCUT2D eigenvalue weighted by atomic mass is 35.5. The van der Waals surface area contributed by atoms with Crippen LogP contribution in [-0.4, -0.2) is 87.8 Å². The fraction of sp³-hybridized carbons (Fsp3) is 0.409. The number of hydrogen-bond acceptors (Lipinski definition) is 5. The third-order valence-electron chi connectivity index (χ3n) is 5.94. The van der Waals surface area contributed by atoms with Crippen molar-refractivity contribution >= 4 is 33.2 Å². The average Bonchev–Trinajstić information content (AvgIpc) is 2.80. The molecule has 31 heavy (non-hydrogen) atoms. The molecule has 0 spiro atoms. The maximum atomic E-state index is 13.1. The predicted octanol–water partition coefficient (Wildman–Crippen LogP) is 2.24. The van der Waals surface area contributed by atoms with Crippen molar-refractivity contribution in [3.63, 3.8) is 0 Å². The summed E-state index contributed by atoms with van der Waals surface area (Å²) < 4.78 is 27.6. The molecule has 2 aromatic rings. The lowest BCUT2D eigenvalue weighted by atomic mass is 10.1. The Morgan fingerprint density at radius 2 is 1.52 bits per heavy atom. The Kier molecular flexibility index (Phi) is 6.52. The number of benzene rings is 2. The summed E-state index contributed by atoms with van der Waals surface area (Å²) in [6, 6.07) is 14.1. The fourth-order valence-corrected chi connectivity index (χ4v) is 5.56. The van der Waals surface area contributed by atoms with Crippen LogP contribution in [0, 0.1) is 0 Å². The van der Waals surface area contributed by atoms with E-state index < -0.39 is 10.0 Å². The highest BCUT2D eigenvalue weighted by molar-refractivity contribution is 7.89. The minimum atomic E-state index is -3.60. The van der Waals surface area contributed by atoms with Crippen molar-refractivity contribution in [1.29, 1.82) is 0 Å². The number of carbonyl (C=O) groups is 1. The molecule has 1 amide bonds. The Morgan fingerprint density at radius 3 is 2.16 bits per heavy atom. The van der Waals surface area contributed by atoms with Crippen LogP contribution in [0.4, 0.5) is 5.69 Å². The van der Waals surface area contributed by atoms with Gasteiger partial charge in [-0.25, -0.2) is 8.42 Å². The molecule has 0 N–H and O–H groups in total. The van der Waals surface area contributed by atoms with Crippen LogP contribution < -0.4 is 4.90 Å². The van der Waals surface area contributed by atoms with E-state index >= 15 is 0 Å². The van der Waals surface area contributed by atoms with Crippen LogP contribution in [0.25, 0.3) is 0 Å².